The molecule has 0 aliphatic carbocycles. The summed E-state index contributed by atoms with van der Waals surface area (Å²) in [6.45, 7) is -0.0660. The van der Waals surface area contributed by atoms with Gasteiger partial charge in [0, 0.05) is 6.42 Å². The van der Waals surface area contributed by atoms with E-state index < -0.39 is 0 Å². The third kappa shape index (κ3) is 4.05. The predicted molar refractivity (Wildman–Crippen MR) is 23.8 cm³/mol. The second kappa shape index (κ2) is 4.05. The van der Waals surface area contributed by atoms with Crippen molar-refractivity contribution in [2.24, 2.45) is 0 Å². The molecule has 0 aromatic rings. The minimum atomic E-state index is -0.0660. The molecule has 2 heteroatoms. The van der Waals surface area contributed by atoms with Gasteiger partial charge in [0.15, 0.2) is 0 Å². The molecule has 0 fully saturated rings. The predicted octanol–water partition coefficient (Wildman–Crippen LogP) is 0.807. The monoisotopic (exact) mass is 89.0 g/mol. The van der Waals surface area contributed by atoms with E-state index in [4.69, 9.17) is 0 Å². The van der Waals surface area contributed by atoms with Gasteiger partial charge in [-0.2, -0.15) is 0 Å². The van der Waals surface area contributed by atoms with E-state index in [2.05, 4.69) is 12.2 Å². The van der Waals surface area contributed by atoms with Crippen molar-refractivity contribution in [1.29, 1.82) is 0 Å². The van der Waals surface area contributed by atoms with Crippen LogP contribution in [0.4, 0.5) is 0 Å². The fourth-order valence-corrected chi connectivity index (χ4v) is 0.144. The summed E-state index contributed by atoms with van der Waals surface area (Å²) in [5.41, 5.74) is 0. The first-order chi connectivity index (χ1) is 2.41. The van der Waals surface area contributed by atoms with Gasteiger partial charge in [-0.15, -0.1) is 0 Å². The van der Waals surface area contributed by atoms with Crippen LogP contribution in [0.15, 0.2) is 0 Å². The number of hydrogen-bond acceptors (Lipinski definition) is 1. The molecular weight excluding hydrogens is 84.1 g/mol. The van der Waals surface area contributed by atoms with Crippen LogP contribution in [0.25, 0.3) is 0 Å². The van der Waals surface area contributed by atoms with E-state index in [0.29, 0.717) is 6.42 Å². The molecule has 0 aliphatic heterocycles. The lowest BCUT2D eigenvalue weighted by atomic mass is 10.5. The Labute approximate surface area is 36.6 Å². The van der Waals surface area contributed by atoms with E-state index in [-0.39, 0.29) is 6.61 Å². The lowest BCUT2D eigenvalue weighted by Gasteiger charge is -1.68. The number of hydrogen-bond donors (Lipinski definition) is 0. The summed E-state index contributed by atoms with van der Waals surface area (Å²) < 4.78 is 0. The Kier molecular flexibility index (Phi) is 4.09. The molecular formula is C3H5OS. The summed E-state index contributed by atoms with van der Waals surface area (Å²) in [4.78, 5) is 0. The van der Waals surface area contributed by atoms with E-state index in [1.54, 1.807) is 0 Å². The Morgan fingerprint density at radius 2 is 2.40 bits per heavy atom. The van der Waals surface area contributed by atoms with Crippen LogP contribution < -0.4 is 0 Å². The van der Waals surface area contributed by atoms with Crippen LogP contribution in [0, 0.1) is 0 Å². The Bertz CT molecular complexity index is 28.1. The summed E-state index contributed by atoms with van der Waals surface area (Å²) in [5.74, 6) is 0. The summed E-state index contributed by atoms with van der Waals surface area (Å²) in [6, 6.07) is 0. The Hall–Kier alpha value is 0.0500. The van der Waals surface area contributed by atoms with Crippen LogP contribution in [-0.2, 0) is 5.11 Å². The lowest BCUT2D eigenvalue weighted by Crippen LogP contribution is -1.74. The summed E-state index contributed by atoms with van der Waals surface area (Å²) in [6.07, 6.45) is 0.523. The van der Waals surface area contributed by atoms with E-state index >= 15 is 0 Å². The second-order valence-electron chi connectivity index (χ2n) is 0.659. The van der Waals surface area contributed by atoms with Crippen LogP contribution in [0.1, 0.15) is 6.42 Å². The van der Waals surface area contributed by atoms with Crippen LogP contribution in [-0.4, -0.2) is 12.0 Å². The molecule has 0 N–H and O–H groups in total. The molecule has 0 aromatic carbocycles. The summed E-state index contributed by atoms with van der Waals surface area (Å²) in [5, 5.41) is 10.9. The van der Waals surface area contributed by atoms with Crippen molar-refractivity contribution >= 4 is 17.6 Å². The first-order valence-corrected chi connectivity index (χ1v) is 1.90. The van der Waals surface area contributed by atoms with Gasteiger partial charge in [0.1, 0.15) is 0 Å². The largest absolute Gasteiger partial charge is 0.236 e. The van der Waals surface area contributed by atoms with Gasteiger partial charge in [0.2, 0.25) is 0 Å². The third-order valence-corrected chi connectivity index (χ3v) is 0.471. The van der Waals surface area contributed by atoms with Crippen LogP contribution in [0.3, 0.4) is 0 Å². The van der Waals surface area contributed by atoms with E-state index in [1.165, 1.54) is 5.37 Å². The quantitative estimate of drug-likeness (QED) is 0.458. The molecule has 0 spiro atoms. The van der Waals surface area contributed by atoms with Crippen molar-refractivity contribution in [3.8, 4) is 0 Å². The molecule has 5 heavy (non-hydrogen) atoms. The van der Waals surface area contributed by atoms with Crippen LogP contribution in [0.5, 0.6) is 0 Å². The third-order valence-electron chi connectivity index (χ3n) is 0.236. The molecule has 0 saturated heterocycles. The van der Waals surface area contributed by atoms with Gasteiger partial charge in [0.25, 0.3) is 0 Å². The number of thiocarbonyl (C=S) groups is 1. The maximum absolute atomic E-state index is 9.43. The van der Waals surface area contributed by atoms with Gasteiger partial charge < -0.3 is 0 Å². The van der Waals surface area contributed by atoms with Crippen molar-refractivity contribution in [2.75, 3.05) is 6.61 Å². The first-order valence-electron chi connectivity index (χ1n) is 1.43. The molecule has 0 atom stereocenters. The smallest absolute Gasteiger partial charge is 0.0864 e. The van der Waals surface area contributed by atoms with Gasteiger partial charge in [-0.3, -0.25) is 0 Å². The fraction of sp³-hybridized carbons (Fsp3) is 0.667. The molecule has 0 rings (SSSR count). The molecule has 1 nitrogen and oxygen atoms in total. The molecule has 1 radical (unpaired) electrons. The standard InChI is InChI=1S/C3H5OS/c4-2-1-3-5/h3H,1-2H2. The van der Waals surface area contributed by atoms with Gasteiger partial charge in [-0.05, 0) is 5.37 Å². The van der Waals surface area contributed by atoms with Gasteiger partial charge in [-0.25, -0.2) is 5.11 Å². The second-order valence-corrected chi connectivity index (χ2v) is 0.993. The normalized spacial score (nSPS) is 7.40. The summed E-state index contributed by atoms with van der Waals surface area (Å²) in [7, 11) is 0. The Balaban J connectivity index is 2.40. The van der Waals surface area contributed by atoms with Gasteiger partial charge in [-0.1, -0.05) is 12.2 Å². The maximum atomic E-state index is 9.43. The average Bonchev–Trinajstić information content (AvgIpc) is 1.41. The molecule has 0 aliphatic rings. The van der Waals surface area contributed by atoms with E-state index in [0.717, 1.165) is 0 Å². The minimum absolute atomic E-state index is 0.0660. The zero-order valence-electron chi connectivity index (χ0n) is 2.81. The maximum Gasteiger partial charge on any atom is 0.0864 e. The molecule has 0 unspecified atom stereocenters. The highest BCUT2D eigenvalue weighted by atomic mass is 32.1. The highest BCUT2D eigenvalue weighted by Crippen LogP contribution is 1.64. The Morgan fingerprint density at radius 3 is 2.40 bits per heavy atom. The fourth-order valence-electron chi connectivity index (χ4n) is 0.0481. The molecule has 29 valence electrons. The molecule has 0 amide bonds. The SMILES string of the molecule is [O]CCC=S. The van der Waals surface area contributed by atoms with Crippen LogP contribution >= 0.6 is 12.2 Å². The van der Waals surface area contributed by atoms with Crippen molar-refractivity contribution in [3.05, 3.63) is 0 Å². The lowest BCUT2D eigenvalue weighted by molar-refractivity contribution is 0.204. The zero-order chi connectivity index (χ0) is 4.12. The highest BCUT2D eigenvalue weighted by Gasteiger charge is 1.67. The zero-order valence-corrected chi connectivity index (χ0v) is 3.62. The van der Waals surface area contributed by atoms with E-state index in [1.807, 2.05) is 0 Å². The van der Waals surface area contributed by atoms with Crippen molar-refractivity contribution in [2.45, 2.75) is 6.42 Å². The molecule has 0 saturated carbocycles. The molecule has 0 bridgehead atoms. The first kappa shape index (κ1) is 5.05. The summed E-state index contributed by atoms with van der Waals surface area (Å²) >= 11 is 4.33. The van der Waals surface area contributed by atoms with Crippen molar-refractivity contribution in [3.63, 3.8) is 0 Å². The van der Waals surface area contributed by atoms with Gasteiger partial charge >= 0.3 is 0 Å². The van der Waals surface area contributed by atoms with Crippen molar-refractivity contribution < 1.29 is 5.11 Å². The Morgan fingerprint density at radius 1 is 1.80 bits per heavy atom. The average molecular weight is 89.1 g/mol. The highest BCUT2D eigenvalue weighted by molar-refractivity contribution is 7.78. The van der Waals surface area contributed by atoms with Crippen LogP contribution in [0.2, 0.25) is 0 Å². The van der Waals surface area contributed by atoms with E-state index in [9.17, 15) is 5.11 Å². The molecule has 0 aromatic heterocycles. The van der Waals surface area contributed by atoms with Gasteiger partial charge in [0.05, 0.1) is 6.61 Å². The van der Waals surface area contributed by atoms with Crippen molar-refractivity contribution in [1.82, 2.24) is 0 Å². The topological polar surface area (TPSA) is 19.9 Å². The minimum Gasteiger partial charge on any atom is -0.236 e. The molecule has 0 heterocycles. The number of rotatable bonds is 2.